The molecule has 0 atom stereocenters. The molecule has 7 heteroatoms. The quantitative estimate of drug-likeness (QED) is 0.621. The number of aromatic nitrogens is 3. The van der Waals surface area contributed by atoms with Crippen LogP contribution in [0.3, 0.4) is 0 Å². The highest BCUT2D eigenvalue weighted by Crippen LogP contribution is 2.29. The fourth-order valence-corrected chi connectivity index (χ4v) is 1.21. The third-order valence-corrected chi connectivity index (χ3v) is 3.13. The van der Waals surface area contributed by atoms with Gasteiger partial charge in [0.05, 0.1) is 0 Å². The Hall–Kier alpha value is -0.260. The molecule has 0 unspecified atom stereocenters. The second-order valence-corrected chi connectivity index (χ2v) is 4.87. The van der Waals surface area contributed by atoms with Crippen molar-refractivity contribution in [2.24, 2.45) is 0 Å². The number of hydrogen-bond acceptors (Lipinski definition) is 4. The topological polar surface area (TPSA) is 58.6 Å². The average Bonchev–Trinajstić information content (AvgIpc) is 2.02. The first-order valence-electron chi connectivity index (χ1n) is 3.80. The maximum atomic E-state index is 11.5. The highest BCUT2D eigenvalue weighted by atomic mass is 35.5. The van der Waals surface area contributed by atoms with Gasteiger partial charge < -0.3 is 0 Å². The van der Waals surface area contributed by atoms with Crippen LogP contribution in [0.4, 0.5) is 0 Å². The number of nitrogens with one attached hydrogen (secondary N) is 1. The number of thiol groups is 1. The Kier molecular flexibility index (Phi) is 3.44. The van der Waals surface area contributed by atoms with E-state index in [4.69, 9.17) is 23.2 Å². The van der Waals surface area contributed by atoms with Crippen molar-refractivity contribution in [1.29, 1.82) is 0 Å². The van der Waals surface area contributed by atoms with Crippen LogP contribution >= 0.6 is 35.8 Å². The van der Waals surface area contributed by atoms with E-state index >= 15 is 0 Å². The fourth-order valence-electron chi connectivity index (χ4n) is 0.853. The zero-order valence-electron chi connectivity index (χ0n) is 7.58. The zero-order valence-corrected chi connectivity index (χ0v) is 9.99. The van der Waals surface area contributed by atoms with Crippen LogP contribution in [0.5, 0.6) is 0 Å². The molecule has 0 amide bonds. The molecule has 0 spiro atoms. The standard InChI is InChI=1S/C7H9Cl2N3OS/c1-7(2,5(8)9)3-4(13)10-6(14)12-11-3/h5H,1-2H3,(H2,10,12,13,14). The predicted octanol–water partition coefficient (Wildman–Crippen LogP) is 1.53. The molecular formula is C7H9Cl2N3OS. The number of hydrogen-bond donors (Lipinski definition) is 2. The molecule has 0 saturated heterocycles. The summed E-state index contributed by atoms with van der Waals surface area (Å²) < 4.78 is 0. The van der Waals surface area contributed by atoms with Gasteiger partial charge in [0.25, 0.3) is 5.56 Å². The number of nitrogens with zero attached hydrogens (tertiary/aromatic N) is 2. The second kappa shape index (κ2) is 4.08. The van der Waals surface area contributed by atoms with E-state index in [1.807, 2.05) is 0 Å². The van der Waals surface area contributed by atoms with Crippen molar-refractivity contribution in [2.45, 2.75) is 29.3 Å². The Labute approximate surface area is 96.4 Å². The molecule has 1 rings (SSSR count). The minimum absolute atomic E-state index is 0.162. The monoisotopic (exact) mass is 253 g/mol. The number of aromatic amines is 1. The van der Waals surface area contributed by atoms with E-state index in [1.165, 1.54) is 0 Å². The van der Waals surface area contributed by atoms with Crippen LogP contribution in [0.15, 0.2) is 9.95 Å². The van der Waals surface area contributed by atoms with Crippen molar-refractivity contribution in [3.05, 3.63) is 16.0 Å². The van der Waals surface area contributed by atoms with Gasteiger partial charge in [-0.05, 0) is 0 Å². The molecule has 78 valence electrons. The molecule has 0 aliphatic heterocycles. The van der Waals surface area contributed by atoms with Gasteiger partial charge in [-0.15, -0.1) is 46.0 Å². The second-order valence-electron chi connectivity index (χ2n) is 3.35. The maximum Gasteiger partial charge on any atom is 0.274 e. The highest BCUT2D eigenvalue weighted by molar-refractivity contribution is 7.80. The Morgan fingerprint density at radius 2 is 2.00 bits per heavy atom. The summed E-state index contributed by atoms with van der Waals surface area (Å²) in [5.74, 6) is 0. The minimum atomic E-state index is -0.745. The Morgan fingerprint density at radius 3 is 2.43 bits per heavy atom. The van der Waals surface area contributed by atoms with Gasteiger partial charge in [-0.3, -0.25) is 9.78 Å². The summed E-state index contributed by atoms with van der Waals surface area (Å²) >= 11 is 15.3. The summed E-state index contributed by atoms with van der Waals surface area (Å²) in [7, 11) is 0. The van der Waals surface area contributed by atoms with Gasteiger partial charge >= 0.3 is 0 Å². The number of halogens is 2. The third-order valence-electron chi connectivity index (χ3n) is 1.84. The molecule has 0 aliphatic carbocycles. The van der Waals surface area contributed by atoms with Gasteiger partial charge in [0, 0.05) is 5.41 Å². The summed E-state index contributed by atoms with van der Waals surface area (Å²) in [5, 5.41) is 7.52. The smallest absolute Gasteiger partial charge is 0.274 e. The summed E-state index contributed by atoms with van der Waals surface area (Å²) in [5.41, 5.74) is -0.919. The van der Waals surface area contributed by atoms with Crippen LogP contribution < -0.4 is 5.56 Å². The molecule has 0 fully saturated rings. The molecule has 1 aromatic heterocycles. The van der Waals surface area contributed by atoms with Crippen LogP contribution in [-0.4, -0.2) is 20.0 Å². The van der Waals surface area contributed by atoms with E-state index in [0.717, 1.165) is 0 Å². The lowest BCUT2D eigenvalue weighted by Gasteiger charge is -2.23. The van der Waals surface area contributed by atoms with Crippen LogP contribution in [0.1, 0.15) is 19.5 Å². The van der Waals surface area contributed by atoms with Crippen molar-refractivity contribution in [3.8, 4) is 0 Å². The molecule has 14 heavy (non-hydrogen) atoms. The molecule has 0 saturated carbocycles. The maximum absolute atomic E-state index is 11.5. The number of rotatable bonds is 2. The van der Waals surface area contributed by atoms with Gasteiger partial charge in [-0.25, -0.2) is 0 Å². The predicted molar refractivity (Wildman–Crippen MR) is 58.4 cm³/mol. The van der Waals surface area contributed by atoms with Gasteiger partial charge in [-0.2, -0.15) is 0 Å². The average molecular weight is 254 g/mol. The fraction of sp³-hybridized carbons (Fsp3) is 0.571. The molecule has 1 N–H and O–H groups in total. The van der Waals surface area contributed by atoms with Gasteiger partial charge in [-0.1, -0.05) is 13.8 Å². The molecule has 1 heterocycles. The lowest BCUT2D eigenvalue weighted by atomic mass is 9.92. The molecule has 0 aromatic carbocycles. The van der Waals surface area contributed by atoms with E-state index < -0.39 is 10.3 Å². The summed E-state index contributed by atoms with van der Waals surface area (Å²) in [6.07, 6.45) is 0. The largest absolute Gasteiger partial charge is 0.299 e. The lowest BCUT2D eigenvalue weighted by Crippen LogP contribution is -2.35. The van der Waals surface area contributed by atoms with E-state index in [2.05, 4.69) is 27.8 Å². The zero-order chi connectivity index (χ0) is 10.9. The van der Waals surface area contributed by atoms with Crippen LogP contribution in [0, 0.1) is 0 Å². The third kappa shape index (κ3) is 2.21. The van der Waals surface area contributed by atoms with Crippen LogP contribution in [0.2, 0.25) is 0 Å². The van der Waals surface area contributed by atoms with Crippen molar-refractivity contribution in [3.63, 3.8) is 0 Å². The Bertz CT molecular complexity index is 391. The van der Waals surface area contributed by atoms with E-state index in [1.54, 1.807) is 13.8 Å². The van der Waals surface area contributed by atoms with Crippen molar-refractivity contribution < 1.29 is 0 Å². The summed E-state index contributed by atoms with van der Waals surface area (Å²) in [6, 6.07) is 0. The normalized spacial score (nSPS) is 12.1. The Balaban J connectivity index is 3.27. The van der Waals surface area contributed by atoms with E-state index in [-0.39, 0.29) is 16.4 Å². The Morgan fingerprint density at radius 1 is 1.43 bits per heavy atom. The van der Waals surface area contributed by atoms with Gasteiger partial charge in [0.1, 0.15) is 10.5 Å². The number of H-pyrrole nitrogens is 1. The molecule has 0 aliphatic rings. The van der Waals surface area contributed by atoms with Crippen molar-refractivity contribution in [1.82, 2.24) is 15.2 Å². The van der Waals surface area contributed by atoms with Gasteiger partial charge in [0.15, 0.2) is 5.16 Å². The van der Waals surface area contributed by atoms with Crippen molar-refractivity contribution >= 4 is 35.8 Å². The van der Waals surface area contributed by atoms with E-state index in [9.17, 15) is 4.79 Å². The van der Waals surface area contributed by atoms with Crippen LogP contribution in [-0.2, 0) is 5.41 Å². The van der Waals surface area contributed by atoms with Crippen LogP contribution in [0.25, 0.3) is 0 Å². The molecular weight excluding hydrogens is 245 g/mol. The first-order valence-corrected chi connectivity index (χ1v) is 5.12. The molecule has 1 aromatic rings. The molecule has 4 nitrogen and oxygen atoms in total. The van der Waals surface area contributed by atoms with Gasteiger partial charge in [0.2, 0.25) is 0 Å². The first-order chi connectivity index (χ1) is 6.35. The molecule has 0 radical (unpaired) electrons. The highest BCUT2D eigenvalue weighted by Gasteiger charge is 2.33. The summed E-state index contributed by atoms with van der Waals surface area (Å²) in [4.78, 5) is 13.2. The SMILES string of the molecule is CC(C)(c1nnc(S)[nH]c1=O)C(Cl)Cl. The first kappa shape index (κ1) is 11.8. The number of alkyl halides is 2. The lowest BCUT2D eigenvalue weighted by molar-refractivity contribution is 0.520. The van der Waals surface area contributed by atoms with E-state index in [0.29, 0.717) is 0 Å². The minimum Gasteiger partial charge on any atom is -0.299 e. The van der Waals surface area contributed by atoms with Crippen molar-refractivity contribution in [2.75, 3.05) is 0 Å². The molecule has 0 bridgehead atoms. The summed E-state index contributed by atoms with van der Waals surface area (Å²) in [6.45, 7) is 3.43.